The van der Waals surface area contributed by atoms with Gasteiger partial charge in [0, 0.05) is 24.8 Å². The van der Waals surface area contributed by atoms with Gasteiger partial charge in [-0.15, -0.1) is 0 Å². The standard InChI is InChI=1S/C26H20N4O4/c1-16-21(24(31)30(27-16)20-6-3-5-19(15-20)26(33)34)14-17-8-9-22-18(13-17)10-12-29(22)25(32)23-7-4-11-28(23)2/h3-15H,1-2H3,(H,33,34)/b21-14-. The normalized spacial score (nSPS) is 14.8. The SMILES string of the molecule is CC1=NN(c2cccc(C(=O)O)c2)C(=O)/C1=C\c1ccc2c(ccn2C(=O)c2cccn2C)c1. The van der Waals surface area contributed by atoms with Crippen LogP contribution in [0.25, 0.3) is 17.0 Å². The molecule has 2 aromatic carbocycles. The number of nitrogens with zero attached hydrogens (tertiary/aromatic N) is 4. The van der Waals surface area contributed by atoms with Crippen molar-refractivity contribution in [1.82, 2.24) is 9.13 Å². The van der Waals surface area contributed by atoms with Crippen molar-refractivity contribution in [1.29, 1.82) is 0 Å². The number of aromatic carboxylic acids is 1. The predicted molar refractivity (Wildman–Crippen MR) is 129 cm³/mol. The summed E-state index contributed by atoms with van der Waals surface area (Å²) in [5, 5.41) is 15.6. The number of anilines is 1. The molecular weight excluding hydrogens is 432 g/mol. The smallest absolute Gasteiger partial charge is 0.335 e. The Morgan fingerprint density at radius 2 is 1.82 bits per heavy atom. The van der Waals surface area contributed by atoms with Gasteiger partial charge in [0.15, 0.2) is 0 Å². The monoisotopic (exact) mass is 452 g/mol. The third-order valence-electron chi connectivity index (χ3n) is 5.81. The van der Waals surface area contributed by atoms with Crippen LogP contribution in [-0.4, -0.2) is 37.7 Å². The van der Waals surface area contributed by atoms with E-state index in [1.165, 1.54) is 17.1 Å². The van der Waals surface area contributed by atoms with E-state index in [9.17, 15) is 19.5 Å². The molecule has 0 radical (unpaired) electrons. The fraction of sp³-hybridized carbons (Fsp3) is 0.0769. The number of hydrogen-bond acceptors (Lipinski definition) is 4. The lowest BCUT2D eigenvalue weighted by molar-refractivity contribution is -0.114. The quantitative estimate of drug-likeness (QED) is 0.470. The van der Waals surface area contributed by atoms with Gasteiger partial charge in [-0.25, -0.2) is 4.79 Å². The summed E-state index contributed by atoms with van der Waals surface area (Å²) in [5.41, 5.74) is 3.55. The Labute approximate surface area is 194 Å². The van der Waals surface area contributed by atoms with Crippen LogP contribution in [-0.2, 0) is 11.8 Å². The lowest BCUT2D eigenvalue weighted by Crippen LogP contribution is -2.21. The maximum absolute atomic E-state index is 13.1. The van der Waals surface area contributed by atoms with E-state index in [1.807, 2.05) is 43.6 Å². The second kappa shape index (κ2) is 8.00. The van der Waals surface area contributed by atoms with Crippen LogP contribution < -0.4 is 5.01 Å². The molecule has 1 amide bonds. The fourth-order valence-corrected chi connectivity index (χ4v) is 4.03. The van der Waals surface area contributed by atoms with Crippen molar-refractivity contribution in [3.63, 3.8) is 0 Å². The molecule has 4 aromatic rings. The highest BCUT2D eigenvalue weighted by atomic mass is 16.4. The Hall–Kier alpha value is -4.72. The molecule has 168 valence electrons. The molecule has 3 heterocycles. The Balaban J connectivity index is 1.46. The Bertz CT molecular complexity index is 1550. The van der Waals surface area contributed by atoms with Gasteiger partial charge in [0.2, 0.25) is 0 Å². The zero-order valence-corrected chi connectivity index (χ0v) is 18.5. The van der Waals surface area contributed by atoms with Crippen LogP contribution in [0.4, 0.5) is 5.69 Å². The molecule has 8 heteroatoms. The first-order valence-electron chi connectivity index (χ1n) is 10.6. The van der Waals surface area contributed by atoms with Crippen LogP contribution in [0.3, 0.4) is 0 Å². The first kappa shape index (κ1) is 21.1. The van der Waals surface area contributed by atoms with Gasteiger partial charge >= 0.3 is 5.97 Å². The molecule has 0 saturated carbocycles. The summed E-state index contributed by atoms with van der Waals surface area (Å²) < 4.78 is 3.38. The number of carbonyl (C=O) groups is 3. The molecule has 5 rings (SSSR count). The number of carboxylic acid groups (broad SMARTS) is 1. The summed E-state index contributed by atoms with van der Waals surface area (Å²) in [6.45, 7) is 1.73. The van der Waals surface area contributed by atoms with Crippen molar-refractivity contribution in [2.24, 2.45) is 12.1 Å². The summed E-state index contributed by atoms with van der Waals surface area (Å²) in [6, 6.07) is 17.2. The van der Waals surface area contributed by atoms with Crippen molar-refractivity contribution in [3.05, 3.63) is 95.5 Å². The van der Waals surface area contributed by atoms with E-state index >= 15 is 0 Å². The van der Waals surface area contributed by atoms with Gasteiger partial charge in [-0.1, -0.05) is 12.1 Å². The number of aryl methyl sites for hydroxylation is 1. The van der Waals surface area contributed by atoms with Crippen LogP contribution in [0.5, 0.6) is 0 Å². The molecule has 1 aliphatic rings. The highest BCUT2D eigenvalue weighted by molar-refractivity contribution is 6.32. The first-order valence-corrected chi connectivity index (χ1v) is 10.6. The van der Waals surface area contributed by atoms with Crippen molar-refractivity contribution >= 4 is 46.2 Å². The molecule has 1 N–H and O–H groups in total. The number of benzene rings is 2. The van der Waals surface area contributed by atoms with Gasteiger partial charge in [0.25, 0.3) is 11.8 Å². The minimum atomic E-state index is -1.07. The van der Waals surface area contributed by atoms with Gasteiger partial charge in [0.05, 0.1) is 28.1 Å². The molecule has 2 aromatic heterocycles. The lowest BCUT2D eigenvalue weighted by Gasteiger charge is -2.12. The van der Waals surface area contributed by atoms with Crippen LogP contribution in [0.1, 0.15) is 33.3 Å². The van der Waals surface area contributed by atoms with E-state index in [2.05, 4.69) is 5.10 Å². The van der Waals surface area contributed by atoms with Gasteiger partial charge in [-0.2, -0.15) is 10.1 Å². The fourth-order valence-electron chi connectivity index (χ4n) is 4.03. The minimum Gasteiger partial charge on any atom is -0.478 e. The van der Waals surface area contributed by atoms with Crippen molar-refractivity contribution < 1.29 is 19.5 Å². The van der Waals surface area contributed by atoms with Gasteiger partial charge in [-0.05, 0) is 67.1 Å². The lowest BCUT2D eigenvalue weighted by atomic mass is 10.1. The molecule has 0 fully saturated rings. The number of carbonyl (C=O) groups excluding carboxylic acids is 2. The third-order valence-corrected chi connectivity index (χ3v) is 5.81. The van der Waals surface area contributed by atoms with Crippen LogP contribution in [0, 0.1) is 0 Å². The van der Waals surface area contributed by atoms with E-state index in [4.69, 9.17) is 0 Å². The average molecular weight is 452 g/mol. The van der Waals surface area contributed by atoms with Crippen LogP contribution in [0.2, 0.25) is 0 Å². The molecule has 0 saturated heterocycles. The van der Waals surface area contributed by atoms with E-state index < -0.39 is 5.97 Å². The Morgan fingerprint density at radius 1 is 1.00 bits per heavy atom. The van der Waals surface area contributed by atoms with E-state index in [-0.39, 0.29) is 17.4 Å². The maximum Gasteiger partial charge on any atom is 0.335 e. The van der Waals surface area contributed by atoms with E-state index in [0.29, 0.717) is 22.7 Å². The predicted octanol–water partition coefficient (Wildman–Crippen LogP) is 4.17. The molecule has 1 aliphatic heterocycles. The Kier molecular flexibility index (Phi) is 4.98. The molecule has 8 nitrogen and oxygen atoms in total. The molecule has 0 bridgehead atoms. The number of hydrogen-bond donors (Lipinski definition) is 1. The molecule has 0 unspecified atom stereocenters. The minimum absolute atomic E-state index is 0.0791. The van der Waals surface area contributed by atoms with E-state index in [1.54, 1.807) is 46.5 Å². The highest BCUT2D eigenvalue weighted by Gasteiger charge is 2.29. The summed E-state index contributed by atoms with van der Waals surface area (Å²) in [4.78, 5) is 37.3. The van der Waals surface area contributed by atoms with Crippen molar-refractivity contribution in [3.8, 4) is 0 Å². The topological polar surface area (TPSA) is 96.9 Å². The second-order valence-electron chi connectivity index (χ2n) is 8.03. The molecule has 0 spiro atoms. The largest absolute Gasteiger partial charge is 0.478 e. The van der Waals surface area contributed by atoms with Gasteiger partial charge < -0.3 is 9.67 Å². The first-order chi connectivity index (χ1) is 16.3. The zero-order chi connectivity index (χ0) is 24.0. The summed E-state index contributed by atoms with van der Waals surface area (Å²) in [6.07, 6.45) is 5.31. The van der Waals surface area contributed by atoms with E-state index in [0.717, 1.165) is 16.5 Å². The molecule has 0 aliphatic carbocycles. The number of rotatable bonds is 4. The molecular formula is C26H20N4O4. The number of fused-ring (bicyclic) bond motifs is 1. The maximum atomic E-state index is 13.1. The second-order valence-corrected chi connectivity index (χ2v) is 8.03. The van der Waals surface area contributed by atoms with Crippen LogP contribution in [0.15, 0.2) is 83.7 Å². The number of aromatic nitrogens is 2. The van der Waals surface area contributed by atoms with Gasteiger partial charge in [0.1, 0.15) is 5.69 Å². The third kappa shape index (κ3) is 3.51. The number of hydrazone groups is 1. The van der Waals surface area contributed by atoms with Crippen molar-refractivity contribution in [2.45, 2.75) is 6.92 Å². The summed E-state index contributed by atoms with van der Waals surface area (Å²) in [5.74, 6) is -1.53. The Morgan fingerprint density at radius 3 is 2.56 bits per heavy atom. The average Bonchev–Trinajstić information content (AvgIpc) is 3.52. The highest BCUT2D eigenvalue weighted by Crippen LogP contribution is 2.27. The van der Waals surface area contributed by atoms with Gasteiger partial charge in [-0.3, -0.25) is 14.2 Å². The zero-order valence-electron chi connectivity index (χ0n) is 18.5. The molecule has 0 atom stereocenters. The summed E-state index contributed by atoms with van der Waals surface area (Å²) >= 11 is 0. The number of amides is 1. The van der Waals surface area contributed by atoms with Crippen LogP contribution >= 0.6 is 0 Å². The number of carboxylic acids is 1. The van der Waals surface area contributed by atoms with Crippen molar-refractivity contribution in [2.75, 3.05) is 5.01 Å². The molecule has 34 heavy (non-hydrogen) atoms. The summed E-state index contributed by atoms with van der Waals surface area (Å²) in [7, 11) is 1.83.